The highest BCUT2D eigenvalue weighted by molar-refractivity contribution is 6.01. The lowest BCUT2D eigenvalue weighted by Gasteiger charge is -2.30. The molecule has 1 N–H and O–H groups in total. The van der Waals surface area contributed by atoms with Gasteiger partial charge in [0.05, 0.1) is 0 Å². The normalized spacial score (nSPS) is 21.0. The van der Waals surface area contributed by atoms with E-state index in [2.05, 4.69) is 5.10 Å². The van der Waals surface area contributed by atoms with Gasteiger partial charge in [-0.15, -0.1) is 0 Å². The Bertz CT molecular complexity index is 825. The number of benzene rings is 2. The van der Waals surface area contributed by atoms with Gasteiger partial charge in [-0.2, -0.15) is 10.1 Å². The van der Waals surface area contributed by atoms with E-state index in [0.29, 0.717) is 5.39 Å². The number of fused-ring (bicyclic) bond motifs is 1. The average Bonchev–Trinajstić information content (AvgIpc) is 2.93. The van der Waals surface area contributed by atoms with Gasteiger partial charge < -0.3 is 5.11 Å². The molecule has 0 saturated heterocycles. The van der Waals surface area contributed by atoms with Crippen molar-refractivity contribution < 1.29 is 27.5 Å². The van der Waals surface area contributed by atoms with Crippen LogP contribution in [0, 0.1) is 0 Å². The third-order valence-corrected chi connectivity index (χ3v) is 3.83. The molecule has 2 aromatic carbocycles. The lowest BCUT2D eigenvalue weighted by molar-refractivity contribution is -0.164. The number of hydrazone groups is 1. The first-order valence-electron chi connectivity index (χ1n) is 7.02. The fourth-order valence-electron chi connectivity index (χ4n) is 2.55. The van der Waals surface area contributed by atoms with Gasteiger partial charge in [0.25, 0.3) is 18.8 Å². The number of nitrogens with zero attached hydrogens (tertiary/aromatic N) is 2. The minimum absolute atomic E-state index is 0.0351. The topological polar surface area (TPSA) is 52.9 Å². The zero-order valence-corrected chi connectivity index (χ0v) is 12.2. The summed E-state index contributed by atoms with van der Waals surface area (Å²) in [7, 11) is 0. The Morgan fingerprint density at radius 2 is 1.79 bits per heavy atom. The van der Waals surface area contributed by atoms with Crippen molar-refractivity contribution in [3.05, 3.63) is 48.0 Å². The quantitative estimate of drug-likeness (QED) is 0.872. The second-order valence-corrected chi connectivity index (χ2v) is 5.43. The Balaban J connectivity index is 2.01. The van der Waals surface area contributed by atoms with Gasteiger partial charge in [-0.05, 0) is 22.9 Å². The van der Waals surface area contributed by atoms with Gasteiger partial charge in [0.15, 0.2) is 0 Å². The van der Waals surface area contributed by atoms with Crippen LogP contribution in [0.4, 0.5) is 17.6 Å². The molecule has 1 amide bonds. The predicted octanol–water partition coefficient (Wildman–Crippen LogP) is 3.26. The van der Waals surface area contributed by atoms with Crippen LogP contribution in [0.2, 0.25) is 0 Å². The van der Waals surface area contributed by atoms with Crippen molar-refractivity contribution >= 4 is 22.4 Å². The van der Waals surface area contributed by atoms with Crippen LogP contribution in [0.25, 0.3) is 10.8 Å². The van der Waals surface area contributed by atoms with E-state index in [4.69, 9.17) is 0 Å². The van der Waals surface area contributed by atoms with Crippen LogP contribution in [0.1, 0.15) is 16.8 Å². The van der Waals surface area contributed by atoms with E-state index in [9.17, 15) is 27.5 Å². The second-order valence-electron chi connectivity index (χ2n) is 5.43. The molecule has 8 heteroatoms. The number of amides is 1. The van der Waals surface area contributed by atoms with Crippen LogP contribution in [0.3, 0.4) is 0 Å². The monoisotopic (exact) mass is 340 g/mol. The van der Waals surface area contributed by atoms with Crippen molar-refractivity contribution in [2.45, 2.75) is 25.0 Å². The molecule has 1 aliphatic rings. The Morgan fingerprint density at radius 1 is 1.12 bits per heavy atom. The summed E-state index contributed by atoms with van der Waals surface area (Å²) in [6.45, 7) is 0. The highest BCUT2D eigenvalue weighted by atomic mass is 19.3. The maximum Gasteiger partial charge on any atom is 0.287 e. The molecule has 0 fully saturated rings. The van der Waals surface area contributed by atoms with Crippen molar-refractivity contribution in [3.8, 4) is 0 Å². The minimum atomic E-state index is -3.44. The van der Waals surface area contributed by atoms with E-state index in [-0.39, 0.29) is 10.6 Å². The highest BCUT2D eigenvalue weighted by Crippen LogP contribution is 2.34. The number of alkyl halides is 4. The molecule has 24 heavy (non-hydrogen) atoms. The second kappa shape index (κ2) is 5.86. The molecule has 0 radical (unpaired) electrons. The molecule has 0 saturated carbocycles. The Hall–Kier alpha value is -2.48. The van der Waals surface area contributed by atoms with Crippen molar-refractivity contribution in [2.75, 3.05) is 0 Å². The van der Waals surface area contributed by atoms with E-state index in [1.807, 2.05) is 0 Å². The molecule has 0 bridgehead atoms. The molecule has 0 aromatic heterocycles. The van der Waals surface area contributed by atoms with E-state index in [0.717, 1.165) is 5.39 Å². The number of carbonyl (C=O) groups excluding carboxylic acids is 1. The number of rotatable bonds is 3. The van der Waals surface area contributed by atoms with Crippen LogP contribution in [0.5, 0.6) is 0 Å². The third-order valence-electron chi connectivity index (χ3n) is 3.83. The molecule has 2 aromatic rings. The van der Waals surface area contributed by atoms with Gasteiger partial charge in [-0.3, -0.25) is 4.79 Å². The van der Waals surface area contributed by atoms with Crippen LogP contribution in [-0.4, -0.2) is 40.3 Å². The summed E-state index contributed by atoms with van der Waals surface area (Å²) in [6.07, 6.45) is -7.67. The summed E-state index contributed by atoms with van der Waals surface area (Å²) in [5, 5.41) is 14.8. The average molecular weight is 340 g/mol. The summed E-state index contributed by atoms with van der Waals surface area (Å²) in [6, 6.07) is 11.4. The first-order valence-corrected chi connectivity index (χ1v) is 7.02. The van der Waals surface area contributed by atoms with Gasteiger partial charge in [0.1, 0.15) is 5.71 Å². The molecule has 1 heterocycles. The van der Waals surface area contributed by atoms with Crippen LogP contribution in [-0.2, 0) is 0 Å². The van der Waals surface area contributed by atoms with Crippen molar-refractivity contribution in [3.63, 3.8) is 0 Å². The fraction of sp³-hybridized carbons (Fsp3) is 0.250. The Kier molecular flexibility index (Phi) is 4.00. The van der Waals surface area contributed by atoms with Crippen molar-refractivity contribution in [1.82, 2.24) is 5.01 Å². The molecule has 0 aliphatic carbocycles. The molecule has 1 aliphatic heterocycles. The summed E-state index contributed by atoms with van der Waals surface area (Å²) in [4.78, 5) is 12.5. The van der Waals surface area contributed by atoms with E-state index in [1.165, 1.54) is 12.1 Å². The summed E-state index contributed by atoms with van der Waals surface area (Å²) in [5.74, 6) is -1.07. The first-order chi connectivity index (χ1) is 11.3. The number of carbonyl (C=O) groups is 1. The molecule has 0 spiro atoms. The number of hydrogen-bond donors (Lipinski definition) is 1. The van der Waals surface area contributed by atoms with Crippen molar-refractivity contribution in [1.29, 1.82) is 0 Å². The van der Waals surface area contributed by atoms with Crippen molar-refractivity contribution in [2.24, 2.45) is 5.10 Å². The zero-order valence-electron chi connectivity index (χ0n) is 12.2. The van der Waals surface area contributed by atoms with Gasteiger partial charge in [0, 0.05) is 12.0 Å². The van der Waals surface area contributed by atoms with Crippen LogP contribution in [0.15, 0.2) is 47.6 Å². The summed E-state index contributed by atoms with van der Waals surface area (Å²) < 4.78 is 51.9. The number of halogens is 4. The van der Waals surface area contributed by atoms with Crippen LogP contribution < -0.4 is 0 Å². The smallest absolute Gasteiger partial charge is 0.287 e. The lowest BCUT2D eigenvalue weighted by Crippen LogP contribution is -2.51. The molecule has 4 nitrogen and oxygen atoms in total. The minimum Gasteiger partial charge on any atom is -0.364 e. The number of aliphatic hydroxyl groups is 1. The molecular weight excluding hydrogens is 328 g/mol. The Morgan fingerprint density at radius 3 is 2.42 bits per heavy atom. The summed E-state index contributed by atoms with van der Waals surface area (Å²) >= 11 is 0. The van der Waals surface area contributed by atoms with Gasteiger partial charge in [-0.1, -0.05) is 30.3 Å². The van der Waals surface area contributed by atoms with Gasteiger partial charge in [0.2, 0.25) is 5.72 Å². The Labute approximate surface area is 134 Å². The predicted molar refractivity (Wildman–Crippen MR) is 79.1 cm³/mol. The molecule has 0 unspecified atom stereocenters. The highest BCUT2D eigenvalue weighted by Gasteiger charge is 2.53. The van der Waals surface area contributed by atoms with Gasteiger partial charge >= 0.3 is 0 Å². The van der Waals surface area contributed by atoms with E-state index in [1.54, 1.807) is 30.3 Å². The molecular formula is C16H12F4N2O2. The van der Waals surface area contributed by atoms with Crippen LogP contribution >= 0.6 is 0 Å². The maximum absolute atomic E-state index is 13.2. The SMILES string of the molecule is O=C(c1ccc2ccccc2c1)N1N=C(C(F)F)C[C@]1(O)C(F)F. The standard InChI is InChI=1S/C16H12F4N2O2/c17-13(18)12-8-16(24,15(19)20)22(21-12)14(23)11-6-5-9-3-1-2-4-10(9)7-11/h1-7,13,15,24H,8H2/t16-/m0/s1. The zero-order chi connectivity index (χ0) is 17.5. The maximum atomic E-state index is 13.2. The third kappa shape index (κ3) is 2.62. The molecule has 3 rings (SSSR count). The lowest BCUT2D eigenvalue weighted by atomic mass is 10.0. The first kappa shape index (κ1) is 16.4. The molecule has 1 atom stereocenters. The van der Waals surface area contributed by atoms with E-state index < -0.39 is 36.6 Å². The number of hydrogen-bond acceptors (Lipinski definition) is 3. The largest absolute Gasteiger partial charge is 0.364 e. The van der Waals surface area contributed by atoms with Gasteiger partial charge in [-0.25, -0.2) is 17.6 Å². The molecule has 126 valence electrons. The fourth-order valence-corrected chi connectivity index (χ4v) is 2.55. The summed E-state index contributed by atoms with van der Waals surface area (Å²) in [5.41, 5.74) is -4.06. The van der Waals surface area contributed by atoms with E-state index >= 15 is 0 Å².